The minimum absolute atomic E-state index is 0.633. The normalized spacial score (nSPS) is 12.9. The minimum atomic E-state index is 0.633. The van der Waals surface area contributed by atoms with Crippen molar-refractivity contribution in [1.82, 2.24) is 15.2 Å². The van der Waals surface area contributed by atoms with Crippen LogP contribution in [0.2, 0.25) is 0 Å². The second kappa shape index (κ2) is 9.06. The summed E-state index contributed by atoms with van der Waals surface area (Å²) in [5, 5.41) is 3.52. The van der Waals surface area contributed by atoms with Crippen LogP contribution < -0.4 is 5.32 Å². The Kier molecular flexibility index (Phi) is 7.62. The molecule has 3 heteroatoms. The predicted octanol–water partition coefficient (Wildman–Crippen LogP) is 2.68. The number of nitrogens with zero attached hydrogens (tertiary/aromatic N) is 2. The van der Waals surface area contributed by atoms with E-state index in [0.29, 0.717) is 6.04 Å². The Morgan fingerprint density at radius 1 is 1.39 bits per heavy atom. The second-order valence-electron chi connectivity index (χ2n) is 5.06. The van der Waals surface area contributed by atoms with Gasteiger partial charge in [0.25, 0.3) is 0 Å². The van der Waals surface area contributed by atoms with Crippen LogP contribution in [0.4, 0.5) is 0 Å². The first-order valence-electron chi connectivity index (χ1n) is 7.04. The Bertz CT molecular complexity index is 300. The van der Waals surface area contributed by atoms with Gasteiger partial charge in [0, 0.05) is 18.8 Å². The molecule has 1 aromatic rings. The Balaban J connectivity index is 2.12. The third-order valence-electron chi connectivity index (χ3n) is 3.08. The maximum Gasteiger partial charge on any atom is 0.0543 e. The number of pyridine rings is 1. The molecule has 1 N–H and O–H groups in total. The van der Waals surface area contributed by atoms with Gasteiger partial charge in [-0.3, -0.25) is 4.98 Å². The molecule has 3 nitrogen and oxygen atoms in total. The first kappa shape index (κ1) is 15.1. The van der Waals surface area contributed by atoms with Crippen molar-refractivity contribution in [1.29, 1.82) is 0 Å². The van der Waals surface area contributed by atoms with Gasteiger partial charge in [-0.25, -0.2) is 0 Å². The van der Waals surface area contributed by atoms with Gasteiger partial charge in [0.15, 0.2) is 0 Å². The van der Waals surface area contributed by atoms with Crippen molar-refractivity contribution in [3.63, 3.8) is 0 Å². The van der Waals surface area contributed by atoms with E-state index < -0.39 is 0 Å². The molecule has 0 saturated heterocycles. The fourth-order valence-corrected chi connectivity index (χ4v) is 2.01. The largest absolute Gasteiger partial charge is 0.314 e. The molecule has 0 spiro atoms. The number of nitrogens with one attached hydrogen (secondary N) is 1. The summed E-state index contributed by atoms with van der Waals surface area (Å²) in [4.78, 5) is 6.69. The third-order valence-corrected chi connectivity index (χ3v) is 3.08. The lowest BCUT2D eigenvalue weighted by atomic mass is 10.1. The maximum atomic E-state index is 4.35. The van der Waals surface area contributed by atoms with Crippen molar-refractivity contribution < 1.29 is 0 Å². The Labute approximate surface area is 112 Å². The summed E-state index contributed by atoms with van der Waals surface area (Å²) in [5.74, 6) is 0. The molecule has 0 aromatic carbocycles. The third kappa shape index (κ3) is 6.72. The standard InChI is InChI=1S/C15H27N3/c1-4-10-16-14(2)8-7-12-18(3)13-15-9-5-6-11-17-15/h5-6,9,11,14,16H,4,7-8,10,12-13H2,1-3H3. The molecule has 0 aliphatic heterocycles. The van der Waals surface area contributed by atoms with Crippen molar-refractivity contribution in [2.75, 3.05) is 20.1 Å². The summed E-state index contributed by atoms with van der Waals surface area (Å²) in [6.07, 6.45) is 5.55. The van der Waals surface area contributed by atoms with E-state index in [9.17, 15) is 0 Å². The highest BCUT2D eigenvalue weighted by Crippen LogP contribution is 2.02. The molecule has 102 valence electrons. The maximum absolute atomic E-state index is 4.35. The van der Waals surface area contributed by atoms with Gasteiger partial charge >= 0.3 is 0 Å². The number of hydrogen-bond donors (Lipinski definition) is 1. The van der Waals surface area contributed by atoms with Gasteiger partial charge in [-0.15, -0.1) is 0 Å². The van der Waals surface area contributed by atoms with Crippen molar-refractivity contribution in [3.05, 3.63) is 30.1 Å². The van der Waals surface area contributed by atoms with Crippen molar-refractivity contribution in [2.24, 2.45) is 0 Å². The lowest BCUT2D eigenvalue weighted by molar-refractivity contribution is 0.307. The zero-order valence-electron chi connectivity index (χ0n) is 12.0. The van der Waals surface area contributed by atoms with Crippen LogP contribution in [-0.2, 0) is 6.54 Å². The predicted molar refractivity (Wildman–Crippen MR) is 77.6 cm³/mol. The van der Waals surface area contributed by atoms with Gasteiger partial charge in [-0.05, 0) is 58.5 Å². The summed E-state index contributed by atoms with van der Waals surface area (Å²) < 4.78 is 0. The molecule has 0 aliphatic rings. The van der Waals surface area contributed by atoms with Crippen LogP contribution in [-0.4, -0.2) is 36.1 Å². The zero-order chi connectivity index (χ0) is 13.2. The highest BCUT2D eigenvalue weighted by Gasteiger charge is 2.03. The quantitative estimate of drug-likeness (QED) is 0.729. The second-order valence-corrected chi connectivity index (χ2v) is 5.06. The molecule has 0 amide bonds. The molecule has 1 rings (SSSR count). The van der Waals surface area contributed by atoms with Crippen molar-refractivity contribution in [3.8, 4) is 0 Å². The minimum Gasteiger partial charge on any atom is -0.314 e. The van der Waals surface area contributed by atoms with Crippen molar-refractivity contribution in [2.45, 2.75) is 45.7 Å². The van der Waals surface area contributed by atoms with E-state index in [0.717, 1.165) is 25.3 Å². The Morgan fingerprint density at radius 2 is 2.22 bits per heavy atom. The first-order chi connectivity index (χ1) is 8.72. The van der Waals surface area contributed by atoms with E-state index in [1.807, 2.05) is 18.3 Å². The van der Waals surface area contributed by atoms with Crippen LogP contribution in [0.1, 0.15) is 38.8 Å². The van der Waals surface area contributed by atoms with Crippen molar-refractivity contribution >= 4 is 0 Å². The fraction of sp³-hybridized carbons (Fsp3) is 0.667. The number of aromatic nitrogens is 1. The van der Waals surface area contributed by atoms with Gasteiger partial charge in [0.2, 0.25) is 0 Å². The van der Waals surface area contributed by atoms with Crippen LogP contribution in [0, 0.1) is 0 Å². The fourth-order valence-electron chi connectivity index (χ4n) is 2.01. The molecule has 1 atom stereocenters. The molecule has 0 bridgehead atoms. The van der Waals surface area contributed by atoms with Crippen LogP contribution in [0.3, 0.4) is 0 Å². The summed E-state index contributed by atoms with van der Waals surface area (Å²) in [5.41, 5.74) is 1.15. The molecule has 1 aromatic heterocycles. The lowest BCUT2D eigenvalue weighted by Gasteiger charge is -2.18. The molecule has 0 fully saturated rings. The SMILES string of the molecule is CCCNC(C)CCCN(C)Cc1ccccn1. The van der Waals surface area contributed by atoms with Crippen LogP contribution in [0.25, 0.3) is 0 Å². The molecule has 0 saturated carbocycles. The summed E-state index contributed by atoms with van der Waals surface area (Å²) in [7, 11) is 2.17. The van der Waals surface area contributed by atoms with E-state index in [1.165, 1.54) is 19.3 Å². The van der Waals surface area contributed by atoms with Crippen LogP contribution in [0.15, 0.2) is 24.4 Å². The first-order valence-corrected chi connectivity index (χ1v) is 7.04. The highest BCUT2D eigenvalue weighted by molar-refractivity contribution is 5.02. The average Bonchev–Trinajstić information content (AvgIpc) is 2.37. The lowest BCUT2D eigenvalue weighted by Crippen LogP contribution is -2.28. The summed E-state index contributed by atoms with van der Waals surface area (Å²) >= 11 is 0. The summed E-state index contributed by atoms with van der Waals surface area (Å²) in [6.45, 7) is 7.69. The molecule has 0 radical (unpaired) electrons. The van der Waals surface area contributed by atoms with Gasteiger partial charge in [-0.2, -0.15) is 0 Å². The summed E-state index contributed by atoms with van der Waals surface area (Å²) in [6, 6.07) is 6.73. The Morgan fingerprint density at radius 3 is 2.89 bits per heavy atom. The topological polar surface area (TPSA) is 28.2 Å². The number of hydrogen-bond acceptors (Lipinski definition) is 3. The molecule has 0 aliphatic carbocycles. The molecular formula is C15H27N3. The van der Waals surface area contributed by atoms with E-state index in [2.05, 4.69) is 42.2 Å². The number of rotatable bonds is 9. The molecule has 1 heterocycles. The Hall–Kier alpha value is -0.930. The van der Waals surface area contributed by atoms with E-state index in [4.69, 9.17) is 0 Å². The van der Waals surface area contributed by atoms with Gasteiger partial charge in [0.1, 0.15) is 0 Å². The van der Waals surface area contributed by atoms with Gasteiger partial charge in [-0.1, -0.05) is 13.0 Å². The zero-order valence-corrected chi connectivity index (χ0v) is 12.0. The highest BCUT2D eigenvalue weighted by atomic mass is 15.1. The molecule has 1 unspecified atom stereocenters. The van der Waals surface area contributed by atoms with E-state index in [1.54, 1.807) is 0 Å². The van der Waals surface area contributed by atoms with Crippen LogP contribution >= 0.6 is 0 Å². The molecular weight excluding hydrogens is 222 g/mol. The monoisotopic (exact) mass is 249 g/mol. The van der Waals surface area contributed by atoms with Gasteiger partial charge < -0.3 is 10.2 Å². The van der Waals surface area contributed by atoms with Crippen LogP contribution in [0.5, 0.6) is 0 Å². The van der Waals surface area contributed by atoms with E-state index >= 15 is 0 Å². The smallest absolute Gasteiger partial charge is 0.0543 e. The molecule has 18 heavy (non-hydrogen) atoms. The van der Waals surface area contributed by atoms with E-state index in [-0.39, 0.29) is 0 Å². The average molecular weight is 249 g/mol. The van der Waals surface area contributed by atoms with Gasteiger partial charge in [0.05, 0.1) is 5.69 Å².